The van der Waals surface area contributed by atoms with Crippen LogP contribution in [0, 0.1) is 40.9 Å². The maximum atomic E-state index is 12.5. The molecule has 1 aliphatic heterocycles. The summed E-state index contributed by atoms with van der Waals surface area (Å²) in [7, 11) is 0. The highest BCUT2D eigenvalue weighted by Crippen LogP contribution is 2.60. The van der Waals surface area contributed by atoms with Crippen molar-refractivity contribution in [2.45, 2.75) is 32.9 Å². The summed E-state index contributed by atoms with van der Waals surface area (Å²) in [5.41, 5.74) is -0.342. The number of hydrogen-bond acceptors (Lipinski definition) is 6. The lowest BCUT2D eigenvalue weighted by atomic mass is 10.1. The Kier molecular flexibility index (Phi) is 6.22. The Morgan fingerprint density at radius 1 is 1.48 bits per heavy atom. The number of terminal acetylenes is 1. The molecule has 1 saturated heterocycles. The summed E-state index contributed by atoms with van der Waals surface area (Å²) in [6, 6.07) is 1.60. The zero-order valence-corrected chi connectivity index (χ0v) is 16.7. The first-order valence-corrected chi connectivity index (χ1v) is 9.49. The van der Waals surface area contributed by atoms with E-state index in [-0.39, 0.29) is 29.7 Å². The molecule has 2 aliphatic rings. The molecule has 8 heteroatoms. The lowest BCUT2D eigenvalue weighted by molar-refractivity contribution is -0.151. The predicted molar refractivity (Wildman–Crippen MR) is 101 cm³/mol. The molecule has 1 heterocycles. The molecular formula is C19H23N3O4S. The third-order valence-corrected chi connectivity index (χ3v) is 5.67. The fourth-order valence-corrected chi connectivity index (χ4v) is 3.92. The number of imide groups is 1. The molecule has 1 saturated carbocycles. The average molecular weight is 389 g/mol. The monoisotopic (exact) mass is 389 g/mol. The summed E-state index contributed by atoms with van der Waals surface area (Å²) < 4.78 is 5.23. The van der Waals surface area contributed by atoms with Gasteiger partial charge < -0.3 is 9.64 Å². The van der Waals surface area contributed by atoms with Gasteiger partial charge in [-0.25, -0.2) is 9.69 Å². The van der Waals surface area contributed by atoms with Gasteiger partial charge in [0.15, 0.2) is 6.73 Å². The van der Waals surface area contributed by atoms with Gasteiger partial charge in [0.25, 0.3) is 5.91 Å². The Bertz CT molecular complexity index is 760. The number of esters is 1. The Morgan fingerprint density at radius 2 is 2.15 bits per heavy atom. The van der Waals surface area contributed by atoms with Gasteiger partial charge in [0.2, 0.25) is 0 Å². The van der Waals surface area contributed by atoms with Crippen molar-refractivity contribution >= 4 is 29.7 Å². The zero-order valence-electron chi connectivity index (χ0n) is 15.9. The van der Waals surface area contributed by atoms with Crippen LogP contribution in [-0.4, -0.2) is 52.8 Å². The summed E-state index contributed by atoms with van der Waals surface area (Å²) in [5, 5.41) is 9.53. The molecular weight excluding hydrogens is 366 g/mol. The van der Waals surface area contributed by atoms with Crippen LogP contribution < -0.4 is 0 Å². The van der Waals surface area contributed by atoms with E-state index in [1.807, 2.05) is 33.8 Å². The number of carbonyl (C=O) groups excluding carboxylic acids is 3. The Morgan fingerprint density at radius 3 is 2.70 bits per heavy atom. The average Bonchev–Trinajstić information content (AvgIpc) is 3.01. The van der Waals surface area contributed by atoms with Crippen molar-refractivity contribution in [3.63, 3.8) is 0 Å². The number of ether oxygens (including phenoxy) is 1. The Balaban J connectivity index is 1.98. The van der Waals surface area contributed by atoms with Crippen molar-refractivity contribution in [3.8, 4) is 18.4 Å². The van der Waals surface area contributed by atoms with Gasteiger partial charge in [-0.05, 0) is 11.3 Å². The van der Waals surface area contributed by atoms with Gasteiger partial charge in [-0.3, -0.25) is 9.59 Å². The number of allylic oxidation sites excluding steroid dienone is 2. The van der Waals surface area contributed by atoms with Crippen molar-refractivity contribution < 1.29 is 19.1 Å². The third-order valence-electron chi connectivity index (χ3n) is 4.72. The largest absolute Gasteiger partial charge is 0.443 e. The first-order chi connectivity index (χ1) is 12.6. The number of nitriles is 1. The maximum absolute atomic E-state index is 12.5. The molecule has 3 amide bonds. The molecule has 1 aliphatic carbocycles. The molecule has 0 aromatic rings. The van der Waals surface area contributed by atoms with Crippen molar-refractivity contribution in [2.24, 2.45) is 17.3 Å². The number of urea groups is 1. The second kappa shape index (κ2) is 8.06. The van der Waals surface area contributed by atoms with Gasteiger partial charge in [0.1, 0.15) is 12.6 Å². The fraction of sp³-hybridized carbons (Fsp3) is 0.579. The summed E-state index contributed by atoms with van der Waals surface area (Å²) in [6.45, 7) is 7.33. The number of nitrogens with zero attached hydrogens (tertiary/aromatic N) is 3. The molecule has 2 fully saturated rings. The van der Waals surface area contributed by atoms with Crippen LogP contribution >= 0.6 is 11.8 Å². The van der Waals surface area contributed by atoms with Crippen LogP contribution in [0.25, 0.3) is 0 Å². The van der Waals surface area contributed by atoms with E-state index < -0.39 is 30.6 Å². The van der Waals surface area contributed by atoms with E-state index in [2.05, 4.69) is 12.0 Å². The second-order valence-electron chi connectivity index (χ2n) is 7.39. The van der Waals surface area contributed by atoms with Gasteiger partial charge in [-0.15, -0.1) is 18.2 Å². The standard InChI is InChI=1S/C19H23N3O4S/c1-6-7-21-10-15(23)22(18(21)25)11-26-17(24)16-14(19(16,4)5)8-13(9-20)27-12(2)3/h1,8,12,14,16H,7,10-11H2,2-5H3/t14-,16+/m1/s1. The van der Waals surface area contributed by atoms with Crippen molar-refractivity contribution in [1.29, 1.82) is 5.26 Å². The molecule has 2 atom stereocenters. The molecule has 0 radical (unpaired) electrons. The van der Waals surface area contributed by atoms with Gasteiger partial charge in [0.05, 0.1) is 17.4 Å². The van der Waals surface area contributed by atoms with Gasteiger partial charge in [-0.1, -0.05) is 39.7 Å². The Hall–Kier alpha value is -2.45. The van der Waals surface area contributed by atoms with E-state index in [1.165, 1.54) is 16.7 Å². The number of hydrogen-bond donors (Lipinski definition) is 0. The smallest absolute Gasteiger partial charge is 0.330 e. The predicted octanol–water partition coefficient (Wildman–Crippen LogP) is 2.21. The highest BCUT2D eigenvalue weighted by Gasteiger charge is 2.61. The molecule has 2 rings (SSSR count). The first kappa shape index (κ1) is 20.9. The maximum Gasteiger partial charge on any atom is 0.330 e. The summed E-state index contributed by atoms with van der Waals surface area (Å²) >= 11 is 1.45. The van der Waals surface area contributed by atoms with Crippen molar-refractivity contribution in [1.82, 2.24) is 9.80 Å². The molecule has 0 spiro atoms. The number of carbonyl (C=O) groups is 3. The molecule has 0 aromatic heterocycles. The quantitative estimate of drug-likeness (QED) is 0.287. The SMILES string of the molecule is C#CCN1CC(=O)N(COC(=O)[C@@H]2[C@@H](C=C(C#N)SC(C)C)C2(C)C)C1=O. The molecule has 27 heavy (non-hydrogen) atoms. The van der Waals surface area contributed by atoms with Crippen LogP contribution in [-0.2, 0) is 14.3 Å². The summed E-state index contributed by atoms with van der Waals surface area (Å²) in [4.78, 5) is 39.1. The van der Waals surface area contributed by atoms with Crippen LogP contribution in [0.2, 0.25) is 0 Å². The zero-order chi connectivity index (χ0) is 20.4. The number of thioether (sulfide) groups is 1. The van der Waals surface area contributed by atoms with Crippen LogP contribution in [0.3, 0.4) is 0 Å². The fourth-order valence-electron chi connectivity index (χ4n) is 3.13. The van der Waals surface area contributed by atoms with E-state index in [4.69, 9.17) is 11.2 Å². The molecule has 0 N–H and O–H groups in total. The van der Waals surface area contributed by atoms with Crippen molar-refractivity contribution in [3.05, 3.63) is 11.0 Å². The minimum Gasteiger partial charge on any atom is -0.443 e. The normalized spacial score (nSPS) is 24.0. The van der Waals surface area contributed by atoms with Gasteiger partial charge >= 0.3 is 12.0 Å². The van der Waals surface area contributed by atoms with E-state index in [0.717, 1.165) is 4.90 Å². The summed E-state index contributed by atoms with van der Waals surface area (Å²) in [6.07, 6.45) is 6.99. The highest BCUT2D eigenvalue weighted by molar-refractivity contribution is 8.03. The van der Waals surface area contributed by atoms with E-state index in [1.54, 1.807) is 0 Å². The summed E-state index contributed by atoms with van der Waals surface area (Å²) in [5.74, 6) is 0.849. The number of amides is 3. The van der Waals surface area contributed by atoms with Crippen molar-refractivity contribution in [2.75, 3.05) is 19.8 Å². The minimum absolute atomic E-state index is 0.0298. The van der Waals surface area contributed by atoms with E-state index in [0.29, 0.717) is 4.91 Å². The third kappa shape index (κ3) is 4.45. The molecule has 0 aromatic carbocycles. The van der Waals surface area contributed by atoms with Crippen LogP contribution in [0.4, 0.5) is 4.79 Å². The van der Waals surface area contributed by atoms with Gasteiger partial charge in [-0.2, -0.15) is 5.26 Å². The van der Waals surface area contributed by atoms with Crippen LogP contribution in [0.1, 0.15) is 27.7 Å². The lowest BCUT2D eigenvalue weighted by Gasteiger charge is -2.15. The van der Waals surface area contributed by atoms with Gasteiger partial charge in [0, 0.05) is 5.25 Å². The highest BCUT2D eigenvalue weighted by atomic mass is 32.2. The molecule has 0 bridgehead atoms. The van der Waals surface area contributed by atoms with Crippen LogP contribution in [0.15, 0.2) is 11.0 Å². The topological polar surface area (TPSA) is 90.7 Å². The van der Waals surface area contributed by atoms with E-state index in [9.17, 15) is 19.6 Å². The Labute approximate surface area is 163 Å². The van der Waals surface area contributed by atoms with E-state index >= 15 is 0 Å². The van der Waals surface area contributed by atoms with Crippen LogP contribution in [0.5, 0.6) is 0 Å². The molecule has 144 valence electrons. The molecule has 7 nitrogen and oxygen atoms in total. The number of rotatable bonds is 7. The second-order valence-corrected chi connectivity index (χ2v) is 9.01. The molecule has 0 unspecified atom stereocenters. The first-order valence-electron chi connectivity index (χ1n) is 8.61. The minimum atomic E-state index is -0.558. The lowest BCUT2D eigenvalue weighted by Crippen LogP contribution is -2.36.